The van der Waals surface area contributed by atoms with E-state index in [1.54, 1.807) is 13.8 Å². The van der Waals surface area contributed by atoms with Gasteiger partial charge < -0.3 is 64.2 Å². The van der Waals surface area contributed by atoms with E-state index in [0.717, 1.165) is 6.92 Å². The van der Waals surface area contributed by atoms with Gasteiger partial charge in [0.05, 0.1) is 24.7 Å². The second-order valence-electron chi connectivity index (χ2n) is 11.8. The predicted molar refractivity (Wildman–Crippen MR) is 172 cm³/mol. The van der Waals surface area contributed by atoms with Crippen molar-refractivity contribution in [3.05, 3.63) is 0 Å². The minimum Gasteiger partial charge on any atom is -0.481 e. The summed E-state index contributed by atoms with van der Waals surface area (Å²) in [7, 11) is 0. The number of carbonyl (C=O) groups excluding carboxylic acids is 6. The van der Waals surface area contributed by atoms with Gasteiger partial charge in [-0.05, 0) is 52.0 Å². The minimum atomic E-state index is -1.87. The smallest absolute Gasteiger partial charge is 0.326 e. The fraction of sp³-hybridized carbons (Fsp3) is 0.724. The molecule has 49 heavy (non-hydrogen) atoms. The monoisotopic (exact) mass is 704 g/mol. The lowest BCUT2D eigenvalue weighted by Gasteiger charge is -2.30. The van der Waals surface area contributed by atoms with Crippen LogP contribution in [-0.4, -0.2) is 123 Å². The third-order valence-corrected chi connectivity index (χ3v) is 7.53. The quantitative estimate of drug-likeness (QED) is 0.0422. The Morgan fingerprint density at radius 3 is 1.55 bits per heavy atom. The topological polar surface area (TPSA) is 356 Å². The highest BCUT2D eigenvalue weighted by Gasteiger charge is 2.36. The number of carboxylic acid groups (broad SMARTS) is 2. The Morgan fingerprint density at radius 2 is 1.12 bits per heavy atom. The van der Waals surface area contributed by atoms with Gasteiger partial charge in [-0.3, -0.25) is 33.6 Å². The summed E-state index contributed by atoms with van der Waals surface area (Å²) in [6, 6.07) is -9.11. The summed E-state index contributed by atoms with van der Waals surface area (Å²) in [5, 5.41) is 50.2. The zero-order chi connectivity index (χ0) is 38.0. The second-order valence-corrected chi connectivity index (χ2v) is 11.8. The maximum Gasteiger partial charge on any atom is 0.326 e. The molecular formula is C29H52N8O12. The molecule has 15 N–H and O–H groups in total. The third kappa shape index (κ3) is 16.5. The lowest BCUT2D eigenvalue weighted by atomic mass is 9.96. The van der Waals surface area contributed by atoms with Gasteiger partial charge in [-0.2, -0.15) is 0 Å². The van der Waals surface area contributed by atoms with E-state index >= 15 is 0 Å². The molecule has 0 aliphatic heterocycles. The van der Waals surface area contributed by atoms with E-state index in [2.05, 4.69) is 21.3 Å². The number of carboxylic acids is 2. The molecule has 9 atom stereocenters. The van der Waals surface area contributed by atoms with Crippen LogP contribution in [0.5, 0.6) is 0 Å². The van der Waals surface area contributed by atoms with Crippen molar-refractivity contribution in [3.8, 4) is 0 Å². The van der Waals surface area contributed by atoms with E-state index in [9.17, 15) is 53.7 Å². The number of unbranched alkanes of at least 4 members (excludes halogenated alkanes) is 1. The van der Waals surface area contributed by atoms with Gasteiger partial charge >= 0.3 is 11.9 Å². The van der Waals surface area contributed by atoms with E-state index in [-0.39, 0.29) is 25.8 Å². The number of amides is 6. The molecule has 0 aromatic carbocycles. The van der Waals surface area contributed by atoms with E-state index < -0.39 is 108 Å². The lowest BCUT2D eigenvalue weighted by Crippen LogP contribution is -2.62. The predicted octanol–water partition coefficient (Wildman–Crippen LogP) is -4.50. The zero-order valence-electron chi connectivity index (χ0n) is 28.1. The molecule has 280 valence electrons. The van der Waals surface area contributed by atoms with Crippen LogP contribution in [0.15, 0.2) is 0 Å². The fourth-order valence-electron chi connectivity index (χ4n) is 4.36. The molecule has 6 amide bonds. The minimum absolute atomic E-state index is 0.0150. The number of aliphatic hydroxyl groups excluding tert-OH is 2. The van der Waals surface area contributed by atoms with Crippen LogP contribution < -0.4 is 43.8 Å². The van der Waals surface area contributed by atoms with Gasteiger partial charge in [0, 0.05) is 6.42 Å². The van der Waals surface area contributed by atoms with Gasteiger partial charge in [0.25, 0.3) is 0 Å². The Hall–Kier alpha value is -4.40. The average Bonchev–Trinajstić information content (AvgIpc) is 3.01. The SMILES string of the molecule is CC[C@H](C)[C@H](NC(=O)[C@H](CCCCN)NC(=O)[C@@H](NC(=O)[C@@H](N)CCC(N)=O)[C@@H](C)O)C(=O)N[C@H](C(=O)N[C@@H](CC(=O)O)C(=O)O)[C@@H](C)O. The number of aliphatic hydroxyl groups is 2. The van der Waals surface area contributed by atoms with Crippen LogP contribution in [0.4, 0.5) is 0 Å². The Labute approximate surface area is 283 Å². The molecule has 0 bridgehead atoms. The normalized spacial score (nSPS) is 16.6. The Bertz CT molecular complexity index is 1170. The van der Waals surface area contributed by atoms with Crippen LogP contribution in [0.1, 0.15) is 72.6 Å². The van der Waals surface area contributed by atoms with E-state index in [0.29, 0.717) is 19.3 Å². The molecule has 0 aromatic heterocycles. The number of rotatable bonds is 24. The molecule has 0 aromatic rings. The first-order valence-corrected chi connectivity index (χ1v) is 15.8. The summed E-state index contributed by atoms with van der Waals surface area (Å²) in [5.74, 6) is -9.32. The summed E-state index contributed by atoms with van der Waals surface area (Å²) in [5.41, 5.74) is 16.4. The van der Waals surface area contributed by atoms with Crippen molar-refractivity contribution in [1.29, 1.82) is 0 Å². The number of aliphatic carboxylic acids is 2. The van der Waals surface area contributed by atoms with E-state index in [1.807, 2.05) is 5.32 Å². The van der Waals surface area contributed by atoms with Crippen LogP contribution in [0.25, 0.3) is 0 Å². The Balaban J connectivity index is 6.09. The third-order valence-electron chi connectivity index (χ3n) is 7.53. The number of hydrogen-bond donors (Lipinski definition) is 12. The van der Waals surface area contributed by atoms with Gasteiger partial charge in [-0.1, -0.05) is 20.3 Å². The van der Waals surface area contributed by atoms with Crippen molar-refractivity contribution >= 4 is 47.4 Å². The summed E-state index contributed by atoms with van der Waals surface area (Å²) < 4.78 is 0. The maximum absolute atomic E-state index is 13.6. The number of carbonyl (C=O) groups is 8. The maximum atomic E-state index is 13.6. The highest BCUT2D eigenvalue weighted by atomic mass is 16.4. The van der Waals surface area contributed by atoms with Crippen molar-refractivity contribution in [2.24, 2.45) is 23.1 Å². The van der Waals surface area contributed by atoms with Gasteiger partial charge in [0.15, 0.2) is 0 Å². The molecular weight excluding hydrogens is 652 g/mol. The lowest BCUT2D eigenvalue weighted by molar-refractivity contribution is -0.148. The van der Waals surface area contributed by atoms with Crippen molar-refractivity contribution in [2.75, 3.05) is 6.54 Å². The first-order chi connectivity index (χ1) is 22.8. The molecule has 0 saturated carbocycles. The first-order valence-electron chi connectivity index (χ1n) is 15.8. The molecule has 0 aliphatic carbocycles. The van der Waals surface area contributed by atoms with Gasteiger partial charge in [-0.25, -0.2) is 4.79 Å². The Morgan fingerprint density at radius 1 is 0.653 bits per heavy atom. The van der Waals surface area contributed by atoms with Crippen LogP contribution >= 0.6 is 0 Å². The van der Waals surface area contributed by atoms with Crippen LogP contribution in [0, 0.1) is 5.92 Å². The summed E-state index contributed by atoms with van der Waals surface area (Å²) >= 11 is 0. The molecule has 0 rings (SSSR count). The molecule has 0 spiro atoms. The first kappa shape index (κ1) is 44.6. The number of nitrogens with two attached hydrogens (primary N) is 3. The van der Waals surface area contributed by atoms with Gasteiger partial charge in [0.2, 0.25) is 35.4 Å². The van der Waals surface area contributed by atoms with Crippen LogP contribution in [0.2, 0.25) is 0 Å². The highest BCUT2D eigenvalue weighted by molar-refractivity contribution is 5.97. The molecule has 0 aliphatic rings. The Kier molecular flexibility index (Phi) is 20.3. The molecule has 0 unspecified atom stereocenters. The standard InChI is InChI=1S/C29H52N8O12/c1-5-13(2)21(26(45)37-23(15(4)39)28(47)34-18(29(48)49)12-20(41)42)35-25(44)17(8-6-7-11-30)33-27(46)22(14(3)38)36-24(43)16(31)9-10-19(32)40/h13-18,21-23,38-39H,5-12,30-31H2,1-4H3,(H2,32,40)(H,33,46)(H,34,47)(H,35,44)(H,36,43)(H,37,45)(H,41,42)(H,48,49)/t13-,14+,15+,16-,17-,18-,21-,22-,23-/m0/s1. The van der Waals surface area contributed by atoms with Crippen molar-refractivity contribution in [3.63, 3.8) is 0 Å². The number of primary amides is 1. The zero-order valence-corrected chi connectivity index (χ0v) is 28.1. The number of nitrogens with one attached hydrogen (secondary N) is 5. The average molecular weight is 705 g/mol. The highest BCUT2D eigenvalue weighted by Crippen LogP contribution is 2.12. The molecule has 0 radical (unpaired) electrons. The molecule has 0 heterocycles. The number of hydrogen-bond acceptors (Lipinski definition) is 12. The van der Waals surface area contributed by atoms with Crippen LogP contribution in [0.3, 0.4) is 0 Å². The van der Waals surface area contributed by atoms with Crippen molar-refractivity contribution in [1.82, 2.24) is 26.6 Å². The molecule has 0 fully saturated rings. The van der Waals surface area contributed by atoms with Crippen LogP contribution in [-0.2, 0) is 38.4 Å². The largest absolute Gasteiger partial charge is 0.481 e. The second kappa shape index (κ2) is 22.3. The van der Waals surface area contributed by atoms with Gasteiger partial charge in [0.1, 0.15) is 30.2 Å². The summed E-state index contributed by atoms with van der Waals surface area (Å²) in [4.78, 5) is 99.0. The van der Waals surface area contributed by atoms with Crippen molar-refractivity contribution < 1.29 is 58.8 Å². The molecule has 0 saturated heterocycles. The summed E-state index contributed by atoms with van der Waals surface area (Å²) in [6.45, 7) is 5.88. The van der Waals surface area contributed by atoms with E-state index in [1.165, 1.54) is 6.92 Å². The van der Waals surface area contributed by atoms with E-state index in [4.69, 9.17) is 22.3 Å². The summed E-state index contributed by atoms with van der Waals surface area (Å²) in [6.07, 6.45) is -3.24. The molecule has 20 heteroatoms. The van der Waals surface area contributed by atoms with Crippen molar-refractivity contribution in [2.45, 2.75) is 121 Å². The van der Waals surface area contributed by atoms with Gasteiger partial charge in [-0.15, -0.1) is 0 Å². The fourth-order valence-corrected chi connectivity index (χ4v) is 4.36. The molecule has 20 nitrogen and oxygen atoms in total.